The molecule has 0 atom stereocenters. The quantitative estimate of drug-likeness (QED) is 0.668. The molecule has 0 fully saturated rings. The Bertz CT molecular complexity index is 972. The molecule has 5 nitrogen and oxygen atoms in total. The molecule has 7 heteroatoms. The number of benzene rings is 2. The highest BCUT2D eigenvalue weighted by Gasteiger charge is 2.15. The van der Waals surface area contributed by atoms with E-state index in [1.54, 1.807) is 35.0 Å². The number of nitrogens with one attached hydrogen (secondary N) is 1. The molecule has 3 rings (SSSR count). The van der Waals surface area contributed by atoms with E-state index in [4.69, 9.17) is 16.3 Å². The molecular weight excluding hydrogens is 369 g/mol. The Balaban J connectivity index is 1.77. The standard InChI is InChI=1S/C20H19ClFN3O2/c1-3-27-18-7-5-4-6-16(18)20(26)23-19-10-13(2)25(24-19)12-14-8-9-15(22)11-17(14)21/h4-11H,3,12H2,1-2H3,(H,23,24,26). The van der Waals surface area contributed by atoms with Crippen molar-refractivity contribution in [2.45, 2.75) is 20.4 Å². The lowest BCUT2D eigenvalue weighted by Crippen LogP contribution is -2.14. The van der Waals surface area contributed by atoms with Gasteiger partial charge in [-0.05, 0) is 43.7 Å². The van der Waals surface area contributed by atoms with Crippen LogP contribution in [0.25, 0.3) is 0 Å². The van der Waals surface area contributed by atoms with Gasteiger partial charge < -0.3 is 10.1 Å². The van der Waals surface area contributed by atoms with Gasteiger partial charge in [0.1, 0.15) is 11.6 Å². The third-order valence-corrected chi connectivity index (χ3v) is 4.34. The number of carbonyl (C=O) groups excluding carboxylic acids is 1. The minimum absolute atomic E-state index is 0.302. The second-order valence-corrected chi connectivity index (χ2v) is 6.35. The van der Waals surface area contributed by atoms with E-state index < -0.39 is 0 Å². The SMILES string of the molecule is CCOc1ccccc1C(=O)Nc1cc(C)n(Cc2ccc(F)cc2Cl)n1. The summed E-state index contributed by atoms with van der Waals surface area (Å²) in [5.41, 5.74) is 2.01. The van der Waals surface area contributed by atoms with Crippen LogP contribution in [0.1, 0.15) is 28.5 Å². The molecule has 1 amide bonds. The number of nitrogens with zero attached hydrogens (tertiary/aromatic N) is 2. The second kappa shape index (κ2) is 8.22. The van der Waals surface area contributed by atoms with Gasteiger partial charge in [0.25, 0.3) is 5.91 Å². The van der Waals surface area contributed by atoms with Crippen LogP contribution < -0.4 is 10.1 Å². The van der Waals surface area contributed by atoms with E-state index in [1.807, 2.05) is 19.9 Å². The predicted octanol–water partition coefficient (Wildman–Crippen LogP) is 4.68. The van der Waals surface area contributed by atoms with Gasteiger partial charge in [0, 0.05) is 16.8 Å². The molecule has 1 heterocycles. The van der Waals surface area contributed by atoms with Crippen LogP contribution in [0.2, 0.25) is 5.02 Å². The Morgan fingerprint density at radius 3 is 2.78 bits per heavy atom. The molecular formula is C20H19ClFN3O2. The van der Waals surface area contributed by atoms with Gasteiger partial charge in [-0.15, -0.1) is 0 Å². The van der Waals surface area contributed by atoms with E-state index in [0.29, 0.717) is 35.3 Å². The molecule has 1 N–H and O–H groups in total. The maximum Gasteiger partial charge on any atom is 0.260 e. The zero-order valence-corrected chi connectivity index (χ0v) is 15.8. The number of halogens is 2. The highest BCUT2D eigenvalue weighted by atomic mass is 35.5. The molecule has 0 saturated heterocycles. The lowest BCUT2D eigenvalue weighted by atomic mass is 10.2. The van der Waals surface area contributed by atoms with Gasteiger partial charge in [-0.25, -0.2) is 4.39 Å². The Kier molecular flexibility index (Phi) is 5.76. The van der Waals surface area contributed by atoms with E-state index in [9.17, 15) is 9.18 Å². The van der Waals surface area contributed by atoms with Crippen LogP contribution in [-0.4, -0.2) is 22.3 Å². The van der Waals surface area contributed by atoms with Crippen LogP contribution in [0.3, 0.4) is 0 Å². The van der Waals surface area contributed by atoms with Crippen LogP contribution >= 0.6 is 11.6 Å². The normalized spacial score (nSPS) is 10.7. The number of aryl methyl sites for hydroxylation is 1. The summed E-state index contributed by atoms with van der Waals surface area (Å²) in [5.74, 6) is 0.249. The second-order valence-electron chi connectivity index (χ2n) is 5.95. The molecule has 0 aliphatic rings. The van der Waals surface area contributed by atoms with Crippen LogP contribution in [0.15, 0.2) is 48.5 Å². The maximum atomic E-state index is 13.2. The van der Waals surface area contributed by atoms with Gasteiger partial charge >= 0.3 is 0 Å². The molecule has 0 bridgehead atoms. The van der Waals surface area contributed by atoms with Gasteiger partial charge in [0.05, 0.1) is 18.7 Å². The average molecular weight is 388 g/mol. The van der Waals surface area contributed by atoms with Crippen molar-refractivity contribution in [1.29, 1.82) is 0 Å². The largest absolute Gasteiger partial charge is 0.493 e. The molecule has 3 aromatic rings. The fourth-order valence-corrected chi connectivity index (χ4v) is 2.89. The van der Waals surface area contributed by atoms with E-state index >= 15 is 0 Å². The number of hydrogen-bond acceptors (Lipinski definition) is 3. The smallest absolute Gasteiger partial charge is 0.260 e. The van der Waals surface area contributed by atoms with Gasteiger partial charge in [0.15, 0.2) is 5.82 Å². The van der Waals surface area contributed by atoms with Gasteiger partial charge in [0.2, 0.25) is 0 Å². The molecule has 0 aliphatic carbocycles. The van der Waals surface area contributed by atoms with Crippen molar-refractivity contribution in [3.05, 3.63) is 76.2 Å². The number of anilines is 1. The molecule has 0 saturated carbocycles. The first kappa shape index (κ1) is 18.9. The Hall–Kier alpha value is -2.86. The van der Waals surface area contributed by atoms with Crippen molar-refractivity contribution in [2.24, 2.45) is 0 Å². The predicted molar refractivity (Wildman–Crippen MR) is 103 cm³/mol. The summed E-state index contributed by atoms with van der Waals surface area (Å²) in [6.45, 7) is 4.57. The molecule has 0 radical (unpaired) electrons. The number of amides is 1. The Morgan fingerprint density at radius 2 is 2.04 bits per heavy atom. The molecule has 1 aromatic heterocycles. The average Bonchev–Trinajstić information content (AvgIpc) is 2.97. The van der Waals surface area contributed by atoms with Crippen LogP contribution in [0.5, 0.6) is 5.75 Å². The number of hydrogen-bond donors (Lipinski definition) is 1. The molecule has 0 aliphatic heterocycles. The lowest BCUT2D eigenvalue weighted by molar-refractivity contribution is 0.102. The number of carbonyl (C=O) groups is 1. The van der Waals surface area contributed by atoms with Crippen molar-refractivity contribution in [3.8, 4) is 5.75 Å². The van der Waals surface area contributed by atoms with E-state index in [2.05, 4.69) is 10.4 Å². The summed E-state index contributed by atoms with van der Waals surface area (Å²) in [6.07, 6.45) is 0. The number of ether oxygens (including phenoxy) is 1. The molecule has 140 valence electrons. The minimum Gasteiger partial charge on any atom is -0.493 e. The first-order valence-electron chi connectivity index (χ1n) is 8.49. The van der Waals surface area contributed by atoms with Crippen molar-refractivity contribution >= 4 is 23.3 Å². The summed E-state index contributed by atoms with van der Waals surface area (Å²) in [6, 6.07) is 13.0. The summed E-state index contributed by atoms with van der Waals surface area (Å²) in [5, 5.41) is 7.52. The van der Waals surface area contributed by atoms with Gasteiger partial charge in [-0.1, -0.05) is 29.8 Å². The topological polar surface area (TPSA) is 56.1 Å². The van der Waals surface area contributed by atoms with E-state index in [1.165, 1.54) is 12.1 Å². The molecule has 2 aromatic carbocycles. The number of aromatic nitrogens is 2. The Morgan fingerprint density at radius 1 is 1.26 bits per heavy atom. The lowest BCUT2D eigenvalue weighted by Gasteiger charge is -2.09. The monoisotopic (exact) mass is 387 g/mol. The van der Waals surface area contributed by atoms with Gasteiger partial charge in [-0.3, -0.25) is 9.48 Å². The van der Waals surface area contributed by atoms with Crippen LogP contribution in [-0.2, 0) is 6.54 Å². The number of para-hydroxylation sites is 1. The fourth-order valence-electron chi connectivity index (χ4n) is 2.66. The van der Waals surface area contributed by atoms with Crippen LogP contribution in [0.4, 0.5) is 10.2 Å². The first-order valence-corrected chi connectivity index (χ1v) is 8.87. The van der Waals surface area contributed by atoms with E-state index in [-0.39, 0.29) is 11.7 Å². The minimum atomic E-state index is -0.387. The number of rotatable bonds is 6. The molecule has 0 unspecified atom stereocenters. The fraction of sp³-hybridized carbons (Fsp3) is 0.200. The summed E-state index contributed by atoms with van der Waals surface area (Å²) >= 11 is 6.09. The highest BCUT2D eigenvalue weighted by Crippen LogP contribution is 2.22. The maximum absolute atomic E-state index is 13.2. The third-order valence-electron chi connectivity index (χ3n) is 3.99. The zero-order valence-electron chi connectivity index (χ0n) is 15.0. The van der Waals surface area contributed by atoms with Crippen molar-refractivity contribution in [3.63, 3.8) is 0 Å². The van der Waals surface area contributed by atoms with Crippen molar-refractivity contribution in [1.82, 2.24) is 9.78 Å². The Labute approximate surface area is 161 Å². The van der Waals surface area contributed by atoms with Gasteiger partial charge in [-0.2, -0.15) is 5.10 Å². The first-order chi connectivity index (χ1) is 13.0. The molecule has 0 spiro atoms. The zero-order chi connectivity index (χ0) is 19.4. The van der Waals surface area contributed by atoms with Crippen molar-refractivity contribution < 1.29 is 13.9 Å². The summed E-state index contributed by atoms with van der Waals surface area (Å²) in [7, 11) is 0. The van der Waals surface area contributed by atoms with E-state index in [0.717, 1.165) is 11.3 Å². The highest BCUT2D eigenvalue weighted by molar-refractivity contribution is 6.31. The summed E-state index contributed by atoms with van der Waals surface area (Å²) < 4.78 is 20.4. The molecule has 27 heavy (non-hydrogen) atoms. The van der Waals surface area contributed by atoms with Crippen LogP contribution in [0, 0.1) is 12.7 Å². The summed E-state index contributed by atoms with van der Waals surface area (Å²) in [4.78, 5) is 12.6. The third kappa shape index (κ3) is 4.46. The van der Waals surface area contributed by atoms with Crippen molar-refractivity contribution in [2.75, 3.05) is 11.9 Å².